The first-order valence-corrected chi connectivity index (χ1v) is 5.45. The van der Waals surface area contributed by atoms with Crippen LogP contribution < -0.4 is 15.4 Å². The van der Waals surface area contributed by atoms with Crippen LogP contribution in [0.3, 0.4) is 0 Å². The van der Waals surface area contributed by atoms with Crippen LogP contribution in [0.4, 0.5) is 4.79 Å². The van der Waals surface area contributed by atoms with Gasteiger partial charge in [-0.3, -0.25) is 4.79 Å². The SMILES string of the molecule is Cc1ccc(OCNC(=O)NC(C)C(=O)O)cc1. The van der Waals surface area contributed by atoms with Gasteiger partial charge in [-0.15, -0.1) is 0 Å². The van der Waals surface area contributed by atoms with E-state index in [1.807, 2.05) is 19.1 Å². The fourth-order valence-corrected chi connectivity index (χ4v) is 1.13. The maximum absolute atomic E-state index is 11.2. The predicted octanol–water partition coefficient (Wildman–Crippen LogP) is 1.10. The minimum Gasteiger partial charge on any atom is -0.480 e. The molecule has 0 aliphatic heterocycles. The van der Waals surface area contributed by atoms with E-state index < -0.39 is 18.0 Å². The summed E-state index contributed by atoms with van der Waals surface area (Å²) in [6, 6.07) is 5.83. The molecule has 0 heterocycles. The molecule has 3 N–H and O–H groups in total. The largest absolute Gasteiger partial charge is 0.480 e. The van der Waals surface area contributed by atoms with Crippen LogP contribution in [-0.4, -0.2) is 29.9 Å². The average Bonchev–Trinajstić information content (AvgIpc) is 2.31. The van der Waals surface area contributed by atoms with Gasteiger partial charge >= 0.3 is 12.0 Å². The number of hydrogen-bond acceptors (Lipinski definition) is 3. The molecule has 0 bridgehead atoms. The van der Waals surface area contributed by atoms with E-state index in [0.717, 1.165) is 5.56 Å². The van der Waals surface area contributed by atoms with Crippen molar-refractivity contribution in [1.29, 1.82) is 0 Å². The third kappa shape index (κ3) is 4.73. The number of carbonyl (C=O) groups excluding carboxylic acids is 1. The van der Waals surface area contributed by atoms with E-state index in [4.69, 9.17) is 9.84 Å². The minimum absolute atomic E-state index is 0.0266. The molecule has 0 aliphatic carbocycles. The van der Waals surface area contributed by atoms with Crippen molar-refractivity contribution in [3.8, 4) is 5.75 Å². The van der Waals surface area contributed by atoms with Gasteiger partial charge in [0.05, 0.1) is 0 Å². The number of carboxylic acid groups (broad SMARTS) is 1. The maximum atomic E-state index is 11.2. The number of aliphatic carboxylic acids is 1. The van der Waals surface area contributed by atoms with Crippen molar-refractivity contribution in [2.45, 2.75) is 19.9 Å². The first-order chi connectivity index (χ1) is 8.49. The van der Waals surface area contributed by atoms with Crippen molar-refractivity contribution in [3.63, 3.8) is 0 Å². The first-order valence-electron chi connectivity index (χ1n) is 5.45. The molecule has 98 valence electrons. The van der Waals surface area contributed by atoms with E-state index in [9.17, 15) is 9.59 Å². The lowest BCUT2D eigenvalue weighted by Crippen LogP contribution is -2.45. The lowest BCUT2D eigenvalue weighted by molar-refractivity contribution is -0.138. The van der Waals surface area contributed by atoms with Crippen LogP contribution in [0.15, 0.2) is 24.3 Å². The summed E-state index contributed by atoms with van der Waals surface area (Å²) in [7, 11) is 0. The van der Waals surface area contributed by atoms with Gasteiger partial charge in [0, 0.05) is 0 Å². The number of aryl methyl sites for hydroxylation is 1. The monoisotopic (exact) mass is 252 g/mol. The molecule has 0 aliphatic rings. The summed E-state index contributed by atoms with van der Waals surface area (Å²) >= 11 is 0. The Bertz CT molecular complexity index is 417. The summed E-state index contributed by atoms with van der Waals surface area (Å²) in [5.74, 6) is -0.461. The van der Waals surface area contributed by atoms with Crippen LogP contribution in [-0.2, 0) is 4.79 Å². The third-order valence-corrected chi connectivity index (χ3v) is 2.21. The smallest absolute Gasteiger partial charge is 0.325 e. The summed E-state index contributed by atoms with van der Waals surface area (Å²) < 4.78 is 5.25. The molecule has 1 atom stereocenters. The Hall–Kier alpha value is -2.24. The lowest BCUT2D eigenvalue weighted by Gasteiger charge is -2.11. The quantitative estimate of drug-likeness (QED) is 0.685. The predicted molar refractivity (Wildman–Crippen MR) is 65.4 cm³/mol. The van der Waals surface area contributed by atoms with Crippen molar-refractivity contribution >= 4 is 12.0 Å². The average molecular weight is 252 g/mol. The molecule has 2 amide bonds. The zero-order valence-corrected chi connectivity index (χ0v) is 10.3. The van der Waals surface area contributed by atoms with E-state index >= 15 is 0 Å². The lowest BCUT2D eigenvalue weighted by atomic mass is 10.2. The number of urea groups is 1. The van der Waals surface area contributed by atoms with Gasteiger partial charge in [-0.1, -0.05) is 17.7 Å². The molecule has 0 spiro atoms. The molecule has 1 aromatic rings. The standard InChI is InChI=1S/C12H16N2O4/c1-8-3-5-10(6-4-8)18-7-13-12(17)14-9(2)11(15)16/h3-6,9H,7H2,1-2H3,(H,15,16)(H2,13,14,17). The van der Waals surface area contributed by atoms with Crippen molar-refractivity contribution in [2.75, 3.05) is 6.73 Å². The molecule has 1 rings (SSSR count). The summed E-state index contributed by atoms with van der Waals surface area (Å²) in [6.07, 6.45) is 0. The molecular formula is C12H16N2O4. The molecule has 18 heavy (non-hydrogen) atoms. The van der Waals surface area contributed by atoms with Gasteiger partial charge in [0.2, 0.25) is 0 Å². The number of nitrogens with one attached hydrogen (secondary N) is 2. The van der Waals surface area contributed by atoms with Crippen LogP contribution in [0.2, 0.25) is 0 Å². The van der Waals surface area contributed by atoms with Crippen LogP contribution in [0.1, 0.15) is 12.5 Å². The van der Waals surface area contributed by atoms with Crippen LogP contribution in [0.5, 0.6) is 5.75 Å². The van der Waals surface area contributed by atoms with Crippen molar-refractivity contribution in [2.24, 2.45) is 0 Å². The molecular weight excluding hydrogens is 236 g/mol. The van der Waals surface area contributed by atoms with E-state index in [1.54, 1.807) is 12.1 Å². The second-order valence-electron chi connectivity index (χ2n) is 3.81. The highest BCUT2D eigenvalue weighted by Gasteiger charge is 2.12. The zero-order chi connectivity index (χ0) is 13.5. The van der Waals surface area contributed by atoms with E-state index in [-0.39, 0.29) is 6.73 Å². The van der Waals surface area contributed by atoms with E-state index in [1.165, 1.54) is 6.92 Å². The van der Waals surface area contributed by atoms with Crippen molar-refractivity contribution in [3.05, 3.63) is 29.8 Å². The Kier molecular flexibility index (Phi) is 4.98. The topological polar surface area (TPSA) is 87.7 Å². The van der Waals surface area contributed by atoms with Crippen LogP contribution in [0.25, 0.3) is 0 Å². The normalized spacial score (nSPS) is 11.4. The van der Waals surface area contributed by atoms with Gasteiger partial charge < -0.3 is 20.5 Å². The Morgan fingerprint density at radius 3 is 2.50 bits per heavy atom. The summed E-state index contributed by atoms with van der Waals surface area (Å²) in [4.78, 5) is 21.7. The zero-order valence-electron chi connectivity index (χ0n) is 10.3. The molecule has 0 fully saturated rings. The molecule has 0 radical (unpaired) electrons. The highest BCUT2D eigenvalue weighted by atomic mass is 16.5. The number of rotatable bonds is 5. The van der Waals surface area contributed by atoms with Gasteiger partial charge in [0.25, 0.3) is 0 Å². The maximum Gasteiger partial charge on any atom is 0.325 e. The van der Waals surface area contributed by atoms with Gasteiger partial charge in [0.15, 0.2) is 6.73 Å². The molecule has 1 aromatic carbocycles. The summed E-state index contributed by atoms with van der Waals surface area (Å²) in [5, 5.41) is 13.2. The Balaban J connectivity index is 2.27. The molecule has 0 saturated carbocycles. The summed E-state index contributed by atoms with van der Waals surface area (Å²) in [6.45, 7) is 3.31. The number of hydrogen-bond donors (Lipinski definition) is 3. The minimum atomic E-state index is -1.09. The third-order valence-electron chi connectivity index (χ3n) is 2.21. The summed E-state index contributed by atoms with van der Waals surface area (Å²) in [5.41, 5.74) is 1.11. The number of amides is 2. The van der Waals surface area contributed by atoms with E-state index in [0.29, 0.717) is 5.75 Å². The number of ether oxygens (including phenoxy) is 1. The molecule has 0 saturated heterocycles. The molecule has 0 aromatic heterocycles. The van der Waals surface area contributed by atoms with Gasteiger partial charge in [-0.25, -0.2) is 4.79 Å². The van der Waals surface area contributed by atoms with Crippen molar-refractivity contribution < 1.29 is 19.4 Å². The number of carbonyl (C=O) groups is 2. The van der Waals surface area contributed by atoms with Crippen LogP contribution in [0, 0.1) is 6.92 Å². The molecule has 1 unspecified atom stereocenters. The Labute approximate surface area is 105 Å². The van der Waals surface area contributed by atoms with Crippen molar-refractivity contribution in [1.82, 2.24) is 10.6 Å². The second kappa shape index (κ2) is 6.48. The number of benzene rings is 1. The van der Waals surface area contributed by atoms with E-state index in [2.05, 4.69) is 10.6 Å². The van der Waals surface area contributed by atoms with Gasteiger partial charge in [0.1, 0.15) is 11.8 Å². The highest BCUT2D eigenvalue weighted by Crippen LogP contribution is 2.10. The van der Waals surface area contributed by atoms with Crippen LogP contribution >= 0.6 is 0 Å². The Morgan fingerprint density at radius 2 is 1.94 bits per heavy atom. The first kappa shape index (κ1) is 13.8. The number of carboxylic acids is 1. The fourth-order valence-electron chi connectivity index (χ4n) is 1.13. The Morgan fingerprint density at radius 1 is 1.33 bits per heavy atom. The van der Waals surface area contributed by atoms with Gasteiger partial charge in [-0.05, 0) is 26.0 Å². The molecule has 6 heteroatoms. The fraction of sp³-hybridized carbons (Fsp3) is 0.333. The highest BCUT2D eigenvalue weighted by molar-refractivity contribution is 5.81. The second-order valence-corrected chi connectivity index (χ2v) is 3.81. The van der Waals surface area contributed by atoms with Gasteiger partial charge in [-0.2, -0.15) is 0 Å². The molecule has 6 nitrogen and oxygen atoms in total.